The van der Waals surface area contributed by atoms with Crippen molar-refractivity contribution in [1.29, 1.82) is 0 Å². The van der Waals surface area contributed by atoms with E-state index in [1.807, 2.05) is 0 Å². The van der Waals surface area contributed by atoms with E-state index in [4.69, 9.17) is 0 Å². The lowest BCUT2D eigenvalue weighted by Gasteiger charge is -2.46. The molecule has 4 rings (SSSR count). The van der Waals surface area contributed by atoms with Crippen molar-refractivity contribution in [3.05, 3.63) is 0 Å². The summed E-state index contributed by atoms with van der Waals surface area (Å²) in [5, 5.41) is 3.92. The van der Waals surface area contributed by atoms with Crippen LogP contribution in [0.3, 0.4) is 0 Å². The summed E-state index contributed by atoms with van der Waals surface area (Å²) in [6, 6.07) is 1.78. The van der Waals surface area contributed by atoms with Gasteiger partial charge in [0.05, 0.1) is 0 Å². The Balaban J connectivity index is 1.47. The molecule has 4 aliphatic carbocycles. The van der Waals surface area contributed by atoms with Crippen LogP contribution in [0.2, 0.25) is 0 Å². The van der Waals surface area contributed by atoms with Crippen molar-refractivity contribution in [3.8, 4) is 0 Å². The topological polar surface area (TPSA) is 12.0 Å². The molecule has 0 saturated heterocycles. The molecule has 0 aromatic rings. The quantitative estimate of drug-likeness (QED) is 0.710. The molecule has 1 N–H and O–H groups in total. The molecule has 1 heteroatoms. The molecule has 4 saturated carbocycles. The standard InChI is InChI=1S/C13H23N/c1-2-4-12(5-3-1)14-13-8-10-6-11(7-10)9-13/h10-14H,1-9H2. The van der Waals surface area contributed by atoms with Gasteiger partial charge in [0.1, 0.15) is 0 Å². The predicted molar refractivity (Wildman–Crippen MR) is 59.2 cm³/mol. The van der Waals surface area contributed by atoms with Crippen molar-refractivity contribution in [2.45, 2.75) is 69.9 Å². The largest absolute Gasteiger partial charge is 0.311 e. The van der Waals surface area contributed by atoms with Crippen LogP contribution in [0.4, 0.5) is 0 Å². The Morgan fingerprint density at radius 3 is 1.93 bits per heavy atom. The number of nitrogens with one attached hydrogen (secondary N) is 1. The van der Waals surface area contributed by atoms with Gasteiger partial charge in [0, 0.05) is 12.1 Å². The van der Waals surface area contributed by atoms with Crippen LogP contribution in [0.25, 0.3) is 0 Å². The number of fused-ring (bicyclic) bond motifs is 2. The third-order valence-corrected chi connectivity index (χ3v) is 4.65. The zero-order valence-corrected chi connectivity index (χ0v) is 9.17. The van der Waals surface area contributed by atoms with E-state index in [-0.39, 0.29) is 0 Å². The fraction of sp³-hybridized carbons (Fsp3) is 1.00. The minimum absolute atomic E-state index is 0.881. The number of rotatable bonds is 2. The van der Waals surface area contributed by atoms with Crippen LogP contribution >= 0.6 is 0 Å². The molecule has 4 fully saturated rings. The van der Waals surface area contributed by atoms with Gasteiger partial charge in [-0.1, -0.05) is 19.3 Å². The second-order valence-corrected chi connectivity index (χ2v) is 5.87. The molecule has 0 radical (unpaired) electrons. The molecule has 0 spiro atoms. The first-order valence-electron chi connectivity index (χ1n) is 6.66. The molecular weight excluding hydrogens is 170 g/mol. The minimum atomic E-state index is 0.881. The average Bonchev–Trinajstić information content (AvgIpc) is 2.18. The Kier molecular flexibility index (Phi) is 2.53. The monoisotopic (exact) mass is 193 g/mol. The lowest BCUT2D eigenvalue weighted by Crippen LogP contribution is -2.48. The smallest absolute Gasteiger partial charge is 0.00749 e. The van der Waals surface area contributed by atoms with Crippen LogP contribution in [-0.2, 0) is 0 Å². The fourth-order valence-electron chi connectivity index (χ4n) is 3.90. The van der Waals surface area contributed by atoms with E-state index >= 15 is 0 Å². The predicted octanol–water partition coefficient (Wildman–Crippen LogP) is 3.10. The first-order chi connectivity index (χ1) is 6.90. The van der Waals surface area contributed by atoms with Crippen LogP contribution in [0.1, 0.15) is 57.8 Å². The number of hydrogen-bond acceptors (Lipinski definition) is 1. The van der Waals surface area contributed by atoms with Crippen LogP contribution in [0, 0.1) is 11.8 Å². The lowest BCUT2D eigenvalue weighted by molar-refractivity contribution is 0.0773. The van der Waals surface area contributed by atoms with Gasteiger partial charge in [-0.15, -0.1) is 0 Å². The maximum Gasteiger partial charge on any atom is 0.00749 e. The van der Waals surface area contributed by atoms with Gasteiger partial charge in [0.2, 0.25) is 0 Å². The Hall–Kier alpha value is -0.0400. The van der Waals surface area contributed by atoms with Crippen LogP contribution in [-0.4, -0.2) is 12.1 Å². The van der Waals surface area contributed by atoms with Gasteiger partial charge >= 0.3 is 0 Å². The zero-order chi connectivity index (χ0) is 9.38. The number of hydrogen-bond donors (Lipinski definition) is 1. The Morgan fingerprint density at radius 2 is 1.29 bits per heavy atom. The van der Waals surface area contributed by atoms with Crippen molar-refractivity contribution in [3.63, 3.8) is 0 Å². The molecule has 1 nitrogen and oxygen atoms in total. The van der Waals surface area contributed by atoms with Crippen molar-refractivity contribution in [1.82, 2.24) is 5.32 Å². The first-order valence-corrected chi connectivity index (χ1v) is 6.66. The molecule has 4 aliphatic rings. The third-order valence-electron chi connectivity index (χ3n) is 4.65. The van der Waals surface area contributed by atoms with Crippen molar-refractivity contribution in [2.24, 2.45) is 11.8 Å². The van der Waals surface area contributed by atoms with Crippen molar-refractivity contribution < 1.29 is 0 Å². The van der Waals surface area contributed by atoms with Gasteiger partial charge in [-0.25, -0.2) is 0 Å². The normalized spacial score (nSPS) is 43.3. The maximum atomic E-state index is 3.92. The van der Waals surface area contributed by atoms with Crippen molar-refractivity contribution >= 4 is 0 Å². The maximum absolute atomic E-state index is 3.92. The highest BCUT2D eigenvalue weighted by Crippen LogP contribution is 2.45. The molecule has 0 unspecified atom stereocenters. The Morgan fingerprint density at radius 1 is 0.643 bits per heavy atom. The molecule has 80 valence electrons. The molecule has 0 amide bonds. The highest BCUT2D eigenvalue weighted by atomic mass is 15.0. The van der Waals surface area contributed by atoms with E-state index in [0.717, 1.165) is 23.9 Å². The van der Waals surface area contributed by atoms with Gasteiger partial charge in [-0.05, 0) is 50.4 Å². The zero-order valence-electron chi connectivity index (χ0n) is 9.17. The molecular formula is C13H23N. The van der Waals surface area contributed by atoms with E-state index in [0.29, 0.717) is 0 Å². The van der Waals surface area contributed by atoms with Crippen LogP contribution in [0.5, 0.6) is 0 Å². The molecule has 0 heterocycles. The fourth-order valence-corrected chi connectivity index (χ4v) is 3.90. The molecule has 0 atom stereocenters. The minimum Gasteiger partial charge on any atom is -0.311 e. The van der Waals surface area contributed by atoms with Crippen molar-refractivity contribution in [2.75, 3.05) is 0 Å². The molecule has 0 aliphatic heterocycles. The third kappa shape index (κ3) is 1.84. The van der Waals surface area contributed by atoms with E-state index < -0.39 is 0 Å². The second-order valence-electron chi connectivity index (χ2n) is 5.87. The molecule has 0 aromatic heterocycles. The highest BCUT2D eigenvalue weighted by Gasteiger charge is 2.38. The highest BCUT2D eigenvalue weighted by molar-refractivity contribution is 4.93. The van der Waals surface area contributed by atoms with E-state index in [9.17, 15) is 0 Å². The average molecular weight is 193 g/mol. The van der Waals surface area contributed by atoms with Gasteiger partial charge < -0.3 is 5.32 Å². The van der Waals surface area contributed by atoms with E-state index in [2.05, 4.69) is 5.32 Å². The molecule has 14 heavy (non-hydrogen) atoms. The summed E-state index contributed by atoms with van der Waals surface area (Å²) in [6.45, 7) is 0. The van der Waals surface area contributed by atoms with Gasteiger partial charge in [-0.3, -0.25) is 0 Å². The summed E-state index contributed by atoms with van der Waals surface area (Å²) in [6.07, 6.45) is 13.4. The van der Waals surface area contributed by atoms with Crippen LogP contribution < -0.4 is 5.32 Å². The van der Waals surface area contributed by atoms with Gasteiger partial charge in [0.25, 0.3) is 0 Å². The van der Waals surface area contributed by atoms with Gasteiger partial charge in [0.15, 0.2) is 0 Å². The lowest BCUT2D eigenvalue weighted by atomic mass is 9.63. The molecule has 2 bridgehead atoms. The summed E-state index contributed by atoms with van der Waals surface area (Å²) in [5.74, 6) is 2.21. The first kappa shape index (κ1) is 9.21. The summed E-state index contributed by atoms with van der Waals surface area (Å²) in [4.78, 5) is 0. The second kappa shape index (κ2) is 3.84. The Labute approximate surface area is 87.7 Å². The Bertz CT molecular complexity index is 179. The van der Waals surface area contributed by atoms with Gasteiger partial charge in [-0.2, -0.15) is 0 Å². The van der Waals surface area contributed by atoms with E-state index in [1.54, 1.807) is 12.8 Å². The summed E-state index contributed by atoms with van der Waals surface area (Å²) >= 11 is 0. The summed E-state index contributed by atoms with van der Waals surface area (Å²) in [5.41, 5.74) is 0. The SMILES string of the molecule is C1CCC(NC2CC3CC(C3)C2)CC1. The summed E-state index contributed by atoms with van der Waals surface area (Å²) in [7, 11) is 0. The van der Waals surface area contributed by atoms with Crippen LogP contribution in [0.15, 0.2) is 0 Å². The molecule has 0 aromatic carbocycles. The van der Waals surface area contributed by atoms with E-state index in [1.165, 1.54) is 44.9 Å². The summed E-state index contributed by atoms with van der Waals surface area (Å²) < 4.78 is 0.